The molecule has 1 heterocycles. The molecule has 14 heavy (non-hydrogen) atoms. The number of benzene rings is 1. The molecule has 0 spiro atoms. The van der Waals surface area contributed by atoms with Gasteiger partial charge in [-0.25, -0.2) is 0 Å². The summed E-state index contributed by atoms with van der Waals surface area (Å²) in [6, 6.07) is 7.95. The van der Waals surface area contributed by atoms with Gasteiger partial charge in [-0.15, -0.1) is 11.8 Å². The van der Waals surface area contributed by atoms with Gasteiger partial charge in [-0.2, -0.15) is 0 Å². The first-order chi connectivity index (χ1) is 6.75. The summed E-state index contributed by atoms with van der Waals surface area (Å²) >= 11 is 4.94. The molecule has 2 rings (SSSR count). The molecular formula is C10H9BrO2S. The number of halogens is 1. The highest BCUT2D eigenvalue weighted by Crippen LogP contribution is 2.30. The van der Waals surface area contributed by atoms with Crippen LogP contribution >= 0.6 is 27.7 Å². The van der Waals surface area contributed by atoms with Gasteiger partial charge in [-0.05, 0) is 24.3 Å². The lowest BCUT2D eigenvalue weighted by molar-refractivity contribution is -0.137. The number of carbonyl (C=O) groups is 1. The van der Waals surface area contributed by atoms with Crippen LogP contribution in [0.15, 0.2) is 33.6 Å². The van der Waals surface area contributed by atoms with Gasteiger partial charge >= 0.3 is 5.97 Å². The average molecular weight is 273 g/mol. The summed E-state index contributed by atoms with van der Waals surface area (Å²) in [5.41, 5.74) is 0. The normalized spacial score (nSPS) is 20.9. The summed E-state index contributed by atoms with van der Waals surface area (Å²) < 4.78 is 5.94. The quantitative estimate of drug-likeness (QED) is 0.775. The van der Waals surface area contributed by atoms with Crippen LogP contribution in [0.5, 0.6) is 0 Å². The Kier molecular flexibility index (Phi) is 3.13. The van der Waals surface area contributed by atoms with Crippen LogP contribution < -0.4 is 0 Å². The molecule has 1 aliphatic rings. The van der Waals surface area contributed by atoms with Gasteiger partial charge < -0.3 is 4.74 Å². The molecule has 1 fully saturated rings. The lowest BCUT2D eigenvalue weighted by atomic mass is 10.4. The molecule has 0 amide bonds. The molecule has 1 aromatic carbocycles. The molecule has 4 heteroatoms. The summed E-state index contributed by atoms with van der Waals surface area (Å²) in [5.74, 6) is -0.0853. The first-order valence-corrected chi connectivity index (χ1v) is 6.02. The standard InChI is InChI=1S/C10H9BrO2S/c11-7-1-3-8(4-2-7)14-9-5-6-13-10(9)12/h1-4,9H,5-6H2/t9-/m0/s1. The molecule has 0 unspecified atom stereocenters. The number of thioether (sulfide) groups is 1. The third-order valence-corrected chi connectivity index (χ3v) is 3.76. The van der Waals surface area contributed by atoms with Crippen molar-refractivity contribution in [2.75, 3.05) is 6.61 Å². The van der Waals surface area contributed by atoms with E-state index in [1.54, 1.807) is 11.8 Å². The van der Waals surface area contributed by atoms with Crippen molar-refractivity contribution >= 4 is 33.7 Å². The number of hydrogen-bond acceptors (Lipinski definition) is 3. The second-order valence-electron chi connectivity index (χ2n) is 3.02. The fourth-order valence-electron chi connectivity index (χ4n) is 1.26. The van der Waals surface area contributed by atoms with Crippen molar-refractivity contribution in [3.63, 3.8) is 0 Å². The van der Waals surface area contributed by atoms with E-state index in [-0.39, 0.29) is 11.2 Å². The Hall–Kier alpha value is -0.480. The second kappa shape index (κ2) is 4.36. The maximum atomic E-state index is 11.2. The van der Waals surface area contributed by atoms with Crippen LogP contribution in [0.2, 0.25) is 0 Å². The maximum absolute atomic E-state index is 11.2. The highest BCUT2D eigenvalue weighted by molar-refractivity contribution is 9.10. The minimum absolute atomic E-state index is 0.0174. The Morgan fingerprint density at radius 1 is 1.36 bits per heavy atom. The molecule has 0 bridgehead atoms. The van der Waals surface area contributed by atoms with Gasteiger partial charge in [0.1, 0.15) is 5.25 Å². The van der Waals surface area contributed by atoms with E-state index in [1.807, 2.05) is 24.3 Å². The number of esters is 1. The van der Waals surface area contributed by atoms with Gasteiger partial charge in [0, 0.05) is 15.8 Å². The molecule has 1 atom stereocenters. The van der Waals surface area contributed by atoms with Crippen LogP contribution in [0, 0.1) is 0 Å². The van der Waals surface area contributed by atoms with Crippen molar-refractivity contribution in [3.8, 4) is 0 Å². The molecule has 0 N–H and O–H groups in total. The highest BCUT2D eigenvalue weighted by atomic mass is 79.9. The number of ether oxygens (including phenoxy) is 1. The summed E-state index contributed by atoms with van der Waals surface area (Å²) in [6.07, 6.45) is 0.819. The monoisotopic (exact) mass is 272 g/mol. The van der Waals surface area contributed by atoms with Crippen LogP contribution in [0.25, 0.3) is 0 Å². The van der Waals surface area contributed by atoms with Gasteiger partial charge in [0.25, 0.3) is 0 Å². The molecule has 74 valence electrons. The van der Waals surface area contributed by atoms with Crippen LogP contribution in [0.4, 0.5) is 0 Å². The lowest BCUT2D eigenvalue weighted by Gasteiger charge is -2.04. The van der Waals surface area contributed by atoms with E-state index in [2.05, 4.69) is 15.9 Å². The average Bonchev–Trinajstić information content (AvgIpc) is 2.56. The van der Waals surface area contributed by atoms with Crippen molar-refractivity contribution in [1.29, 1.82) is 0 Å². The zero-order valence-electron chi connectivity index (χ0n) is 7.40. The zero-order valence-corrected chi connectivity index (χ0v) is 9.81. The summed E-state index contributed by atoms with van der Waals surface area (Å²) in [4.78, 5) is 12.3. The Morgan fingerprint density at radius 2 is 2.07 bits per heavy atom. The maximum Gasteiger partial charge on any atom is 0.319 e. The summed E-state index contributed by atoms with van der Waals surface area (Å²) in [5, 5.41) is -0.0174. The Balaban J connectivity index is 2.03. The van der Waals surface area contributed by atoms with E-state index < -0.39 is 0 Å². The number of hydrogen-bond donors (Lipinski definition) is 0. The van der Waals surface area contributed by atoms with Crippen LogP contribution in [0.3, 0.4) is 0 Å². The summed E-state index contributed by atoms with van der Waals surface area (Å²) in [7, 11) is 0. The Bertz CT molecular complexity index is 336. The van der Waals surface area contributed by atoms with E-state index in [0.29, 0.717) is 6.61 Å². The second-order valence-corrected chi connectivity index (χ2v) is 5.21. The smallest absolute Gasteiger partial charge is 0.319 e. The van der Waals surface area contributed by atoms with Crippen molar-refractivity contribution in [1.82, 2.24) is 0 Å². The summed E-state index contributed by atoms with van der Waals surface area (Å²) in [6.45, 7) is 0.563. The molecule has 1 aliphatic heterocycles. The fraction of sp³-hybridized carbons (Fsp3) is 0.300. The Labute approximate surface area is 95.2 Å². The number of rotatable bonds is 2. The van der Waals surface area contributed by atoms with E-state index in [1.165, 1.54) is 0 Å². The topological polar surface area (TPSA) is 26.3 Å². The van der Waals surface area contributed by atoms with E-state index >= 15 is 0 Å². The highest BCUT2D eigenvalue weighted by Gasteiger charge is 2.27. The molecular weight excluding hydrogens is 264 g/mol. The van der Waals surface area contributed by atoms with Gasteiger partial charge in [0.15, 0.2) is 0 Å². The zero-order chi connectivity index (χ0) is 9.97. The van der Waals surface area contributed by atoms with Gasteiger partial charge in [-0.1, -0.05) is 15.9 Å². The molecule has 0 aliphatic carbocycles. The molecule has 1 aromatic rings. The lowest BCUT2D eigenvalue weighted by Crippen LogP contribution is -2.08. The van der Waals surface area contributed by atoms with E-state index in [0.717, 1.165) is 15.8 Å². The van der Waals surface area contributed by atoms with E-state index in [9.17, 15) is 4.79 Å². The SMILES string of the molecule is O=C1OCC[C@@H]1Sc1ccc(Br)cc1. The van der Waals surface area contributed by atoms with Crippen LogP contribution in [0.1, 0.15) is 6.42 Å². The molecule has 0 saturated carbocycles. The van der Waals surface area contributed by atoms with Gasteiger partial charge in [0.2, 0.25) is 0 Å². The van der Waals surface area contributed by atoms with Crippen LogP contribution in [-0.2, 0) is 9.53 Å². The van der Waals surface area contributed by atoms with Crippen molar-refractivity contribution in [2.45, 2.75) is 16.6 Å². The van der Waals surface area contributed by atoms with Gasteiger partial charge in [-0.3, -0.25) is 4.79 Å². The largest absolute Gasteiger partial charge is 0.465 e. The third-order valence-electron chi connectivity index (χ3n) is 1.98. The predicted octanol–water partition coefficient (Wildman–Crippen LogP) is 2.86. The Morgan fingerprint density at radius 3 is 2.64 bits per heavy atom. The molecule has 0 aromatic heterocycles. The molecule has 2 nitrogen and oxygen atoms in total. The number of cyclic esters (lactones) is 1. The van der Waals surface area contributed by atoms with Crippen LogP contribution in [-0.4, -0.2) is 17.8 Å². The third kappa shape index (κ3) is 2.30. The first kappa shape index (κ1) is 10.1. The van der Waals surface area contributed by atoms with Crippen molar-refractivity contribution in [2.24, 2.45) is 0 Å². The van der Waals surface area contributed by atoms with E-state index in [4.69, 9.17) is 4.74 Å². The van der Waals surface area contributed by atoms with Gasteiger partial charge in [0.05, 0.1) is 6.61 Å². The fourth-order valence-corrected chi connectivity index (χ4v) is 2.53. The molecule has 0 radical (unpaired) electrons. The first-order valence-electron chi connectivity index (χ1n) is 4.34. The predicted molar refractivity (Wildman–Crippen MR) is 59.4 cm³/mol. The number of carbonyl (C=O) groups excluding carboxylic acids is 1. The van der Waals surface area contributed by atoms with Crippen molar-refractivity contribution in [3.05, 3.63) is 28.7 Å². The minimum Gasteiger partial charge on any atom is -0.465 e. The van der Waals surface area contributed by atoms with Crippen molar-refractivity contribution < 1.29 is 9.53 Å². The minimum atomic E-state index is -0.0853. The molecule has 1 saturated heterocycles.